The molecule has 0 radical (unpaired) electrons. The van der Waals surface area contributed by atoms with Gasteiger partial charge in [-0.1, -0.05) is 24.3 Å². The molecule has 0 bridgehead atoms. The Morgan fingerprint density at radius 2 is 1.53 bits per heavy atom. The van der Waals surface area contributed by atoms with Gasteiger partial charge in [-0.3, -0.25) is 30.3 Å². The van der Waals surface area contributed by atoms with Crippen molar-refractivity contribution in [1.82, 2.24) is 10.6 Å². The lowest BCUT2D eigenvalue weighted by Crippen LogP contribution is -2.42. The predicted molar refractivity (Wildman–Crippen MR) is 117 cm³/mol. The van der Waals surface area contributed by atoms with Crippen LogP contribution in [0.25, 0.3) is 12.2 Å². The number of hydrogen-bond donors (Lipinski definition) is 4. The maximum atomic E-state index is 12.9. The van der Waals surface area contributed by atoms with Crippen LogP contribution in [0.15, 0.2) is 70.9 Å². The van der Waals surface area contributed by atoms with E-state index in [1.165, 1.54) is 54.6 Å². The summed E-state index contributed by atoms with van der Waals surface area (Å²) < 4.78 is 12.9. The van der Waals surface area contributed by atoms with Crippen LogP contribution in [0.2, 0.25) is 0 Å². The Morgan fingerprint density at radius 3 is 2.09 bits per heavy atom. The Morgan fingerprint density at radius 1 is 0.938 bits per heavy atom. The van der Waals surface area contributed by atoms with Crippen molar-refractivity contribution < 1.29 is 18.9 Å². The number of nitro groups is 1. The third-order valence-electron chi connectivity index (χ3n) is 3.55. The fourth-order valence-electron chi connectivity index (χ4n) is 2.17. The van der Waals surface area contributed by atoms with Gasteiger partial charge < -0.3 is 11.5 Å². The minimum Gasteiger partial charge on any atom is -0.369 e. The molecule has 2 rings (SSSR count). The summed E-state index contributed by atoms with van der Waals surface area (Å²) in [5.74, 6) is -2.61. The van der Waals surface area contributed by atoms with Gasteiger partial charge in [-0.05, 0) is 35.4 Å². The molecule has 32 heavy (non-hydrogen) atoms. The molecule has 0 aliphatic heterocycles. The molecule has 0 atom stereocenters. The molecule has 164 valence electrons. The van der Waals surface area contributed by atoms with Gasteiger partial charge >= 0.3 is 0 Å². The molecule has 0 heterocycles. The van der Waals surface area contributed by atoms with Crippen LogP contribution in [-0.4, -0.2) is 28.7 Å². The average Bonchev–Trinajstić information content (AvgIpc) is 2.76. The van der Waals surface area contributed by atoms with E-state index in [1.807, 2.05) is 0 Å². The van der Waals surface area contributed by atoms with Gasteiger partial charge in [0.15, 0.2) is 0 Å². The molecule has 0 aromatic heterocycles. The molecule has 2 aromatic carbocycles. The lowest BCUT2D eigenvalue weighted by atomic mass is 10.2. The Balaban J connectivity index is 2.07. The number of rotatable bonds is 6. The van der Waals surface area contributed by atoms with Crippen LogP contribution >= 0.6 is 0 Å². The normalized spacial score (nSPS) is 11.3. The van der Waals surface area contributed by atoms with E-state index in [-0.39, 0.29) is 11.6 Å². The number of amides is 2. The predicted octanol–water partition coefficient (Wildman–Crippen LogP) is 1.24. The molecule has 0 unspecified atom stereocenters. The summed E-state index contributed by atoms with van der Waals surface area (Å²) in [4.78, 5) is 34.5. The van der Waals surface area contributed by atoms with Crippen molar-refractivity contribution in [1.29, 1.82) is 0 Å². The van der Waals surface area contributed by atoms with Gasteiger partial charge in [0.05, 0.1) is 4.92 Å². The Labute approximate surface area is 181 Å². The average molecular weight is 439 g/mol. The summed E-state index contributed by atoms with van der Waals surface area (Å²) in [6, 6.07) is 11.0. The van der Waals surface area contributed by atoms with Gasteiger partial charge in [0.2, 0.25) is 11.9 Å². The number of carbonyl (C=O) groups excluding carboxylic acids is 2. The first-order valence-electron chi connectivity index (χ1n) is 8.87. The summed E-state index contributed by atoms with van der Waals surface area (Å²) in [5.41, 5.74) is 11.2. The van der Waals surface area contributed by atoms with Gasteiger partial charge in [-0.2, -0.15) is 0 Å². The van der Waals surface area contributed by atoms with Crippen LogP contribution in [-0.2, 0) is 9.59 Å². The van der Waals surface area contributed by atoms with E-state index in [9.17, 15) is 24.1 Å². The molecule has 0 fully saturated rings. The maximum absolute atomic E-state index is 12.9. The van der Waals surface area contributed by atoms with Crippen LogP contribution in [0, 0.1) is 15.9 Å². The van der Waals surface area contributed by atoms with Crippen LogP contribution in [0.5, 0.6) is 0 Å². The van der Waals surface area contributed by atoms with E-state index in [4.69, 9.17) is 11.5 Å². The van der Waals surface area contributed by atoms with E-state index >= 15 is 0 Å². The molecule has 6 N–H and O–H groups in total. The van der Waals surface area contributed by atoms with Crippen molar-refractivity contribution in [2.75, 3.05) is 0 Å². The molecular formula is C20H18FN7O4. The molecule has 2 aromatic rings. The van der Waals surface area contributed by atoms with Crippen molar-refractivity contribution in [3.63, 3.8) is 0 Å². The Kier molecular flexibility index (Phi) is 8.30. The number of nitrogens with one attached hydrogen (secondary N) is 2. The van der Waals surface area contributed by atoms with E-state index < -0.39 is 28.5 Å². The minimum atomic E-state index is -0.719. The van der Waals surface area contributed by atoms with Crippen molar-refractivity contribution >= 4 is 41.6 Å². The molecule has 12 heteroatoms. The van der Waals surface area contributed by atoms with E-state index in [0.29, 0.717) is 11.1 Å². The number of nitrogens with zero attached hydrogens (tertiary/aromatic N) is 3. The van der Waals surface area contributed by atoms with Gasteiger partial charge in [-0.25, -0.2) is 4.39 Å². The first-order chi connectivity index (χ1) is 15.2. The number of nitro benzene ring substituents is 1. The monoisotopic (exact) mass is 439 g/mol. The van der Waals surface area contributed by atoms with Gasteiger partial charge in [0.1, 0.15) is 5.82 Å². The molecule has 2 amide bonds. The second kappa shape index (κ2) is 11.3. The van der Waals surface area contributed by atoms with Crippen LogP contribution in [0.1, 0.15) is 11.1 Å². The number of carbonyl (C=O) groups is 2. The van der Waals surface area contributed by atoms with Gasteiger partial charge in [-0.15, -0.1) is 10.2 Å². The summed E-state index contributed by atoms with van der Waals surface area (Å²) in [7, 11) is 0. The lowest BCUT2D eigenvalue weighted by Gasteiger charge is -2.06. The standard InChI is InChI=1S/C20H18FN7O4/c21-15-8-4-13(5-9-15)6-10-17(29)24-20(27-26-19(22)23)25-18(30)11-7-14-2-1-3-16(12-14)28(31)32/h1-12H,(H4,22,23,26)(H2,24,25,27,29,30). The van der Waals surface area contributed by atoms with Crippen LogP contribution < -0.4 is 22.1 Å². The van der Waals surface area contributed by atoms with E-state index in [0.717, 1.165) is 12.2 Å². The van der Waals surface area contributed by atoms with Crippen molar-refractivity contribution in [3.8, 4) is 0 Å². The van der Waals surface area contributed by atoms with E-state index in [2.05, 4.69) is 20.8 Å². The van der Waals surface area contributed by atoms with E-state index in [1.54, 1.807) is 6.07 Å². The smallest absolute Gasteiger partial charge is 0.270 e. The second-order valence-electron chi connectivity index (χ2n) is 6.02. The third-order valence-corrected chi connectivity index (χ3v) is 3.55. The molecule has 0 saturated carbocycles. The highest BCUT2D eigenvalue weighted by Crippen LogP contribution is 2.14. The zero-order valence-electron chi connectivity index (χ0n) is 16.4. The van der Waals surface area contributed by atoms with Crippen molar-refractivity contribution in [3.05, 3.63) is 87.7 Å². The zero-order chi connectivity index (χ0) is 23.5. The molecule has 0 spiro atoms. The fourth-order valence-corrected chi connectivity index (χ4v) is 2.17. The van der Waals surface area contributed by atoms with Gasteiger partial charge in [0, 0.05) is 24.3 Å². The number of non-ortho nitro benzene ring substituents is 1. The summed E-state index contributed by atoms with van der Waals surface area (Å²) in [6.07, 6.45) is 4.95. The number of guanidine groups is 2. The third kappa shape index (κ3) is 8.24. The zero-order valence-corrected chi connectivity index (χ0v) is 16.4. The summed E-state index contributed by atoms with van der Waals surface area (Å²) in [6.45, 7) is 0. The van der Waals surface area contributed by atoms with Crippen LogP contribution in [0.4, 0.5) is 10.1 Å². The number of nitrogens with two attached hydrogens (primary N) is 2. The second-order valence-corrected chi connectivity index (χ2v) is 6.02. The topological polar surface area (TPSA) is 178 Å². The van der Waals surface area contributed by atoms with Crippen molar-refractivity contribution in [2.24, 2.45) is 21.7 Å². The lowest BCUT2D eigenvalue weighted by molar-refractivity contribution is -0.384. The molecule has 0 aliphatic rings. The van der Waals surface area contributed by atoms with Gasteiger partial charge in [0.25, 0.3) is 17.5 Å². The summed E-state index contributed by atoms with van der Waals surface area (Å²) in [5, 5.41) is 22.3. The molecule has 0 aliphatic carbocycles. The van der Waals surface area contributed by atoms with Crippen molar-refractivity contribution in [2.45, 2.75) is 0 Å². The highest BCUT2D eigenvalue weighted by Gasteiger charge is 2.08. The Bertz CT molecular complexity index is 1120. The van der Waals surface area contributed by atoms with Crippen LogP contribution in [0.3, 0.4) is 0 Å². The highest BCUT2D eigenvalue weighted by molar-refractivity contribution is 6.11. The first kappa shape index (κ1) is 23.4. The molecule has 0 saturated heterocycles. The maximum Gasteiger partial charge on any atom is 0.270 e. The quantitative estimate of drug-likeness (QED) is 0.173. The number of hydrogen-bond acceptors (Lipinski definition) is 6. The largest absolute Gasteiger partial charge is 0.369 e. The molecule has 11 nitrogen and oxygen atoms in total. The number of benzene rings is 2. The SMILES string of the molecule is NC(N)=NN=C(NC(=O)C=Cc1ccc(F)cc1)NC(=O)C=Cc1cccc([N+](=O)[O-])c1. The first-order valence-corrected chi connectivity index (χ1v) is 8.87. The highest BCUT2D eigenvalue weighted by atomic mass is 19.1. The summed E-state index contributed by atoms with van der Waals surface area (Å²) >= 11 is 0. The molecular weight excluding hydrogens is 421 g/mol. The fraction of sp³-hybridized carbons (Fsp3) is 0. The Hall–Kier alpha value is -4.87. The number of halogens is 1. The minimum absolute atomic E-state index is 0.136.